The number of aliphatic hydroxyl groups excluding tert-OH is 1. The highest BCUT2D eigenvalue weighted by Crippen LogP contribution is 2.35. The van der Waals surface area contributed by atoms with Gasteiger partial charge in [-0.1, -0.05) is 52.4 Å². The van der Waals surface area contributed by atoms with Gasteiger partial charge in [0.2, 0.25) is 0 Å². The molecule has 0 heterocycles. The molecule has 0 aromatic rings. The number of rotatable bonds is 6. The van der Waals surface area contributed by atoms with Gasteiger partial charge in [0.05, 0.1) is 11.7 Å². The molecule has 1 N–H and O–H groups in total. The highest BCUT2D eigenvalue weighted by Gasteiger charge is 2.38. The molecule has 0 bridgehead atoms. The summed E-state index contributed by atoms with van der Waals surface area (Å²) in [5, 5.41) is 10.5. The molecule has 1 aliphatic carbocycles. The Hall–Kier alpha value is -0.0800. The van der Waals surface area contributed by atoms with Crippen molar-refractivity contribution in [3.05, 3.63) is 0 Å². The van der Waals surface area contributed by atoms with Crippen molar-refractivity contribution < 1.29 is 9.84 Å². The van der Waals surface area contributed by atoms with Gasteiger partial charge in [0.1, 0.15) is 0 Å². The van der Waals surface area contributed by atoms with Crippen molar-refractivity contribution in [2.45, 2.75) is 83.3 Å². The van der Waals surface area contributed by atoms with Crippen molar-refractivity contribution in [3.63, 3.8) is 0 Å². The lowest BCUT2D eigenvalue weighted by atomic mass is 9.83. The monoisotopic (exact) mass is 242 g/mol. The second-order valence-electron chi connectivity index (χ2n) is 5.83. The van der Waals surface area contributed by atoms with E-state index in [0.717, 1.165) is 19.3 Å². The summed E-state index contributed by atoms with van der Waals surface area (Å²) >= 11 is 0. The molecule has 0 spiro atoms. The molecule has 1 rings (SSSR count). The molecule has 2 nitrogen and oxygen atoms in total. The van der Waals surface area contributed by atoms with Gasteiger partial charge in [-0.05, 0) is 25.2 Å². The maximum absolute atomic E-state index is 10.5. The Bertz CT molecular complexity index is 195. The highest BCUT2D eigenvalue weighted by atomic mass is 16.5. The lowest BCUT2D eigenvalue weighted by molar-refractivity contribution is -0.118. The SMILES string of the molecule is CCCC(C)CC(O)C1(OC)CCCCCC1. The van der Waals surface area contributed by atoms with Gasteiger partial charge in [-0.15, -0.1) is 0 Å². The smallest absolute Gasteiger partial charge is 0.0936 e. The van der Waals surface area contributed by atoms with Crippen LogP contribution in [0.1, 0.15) is 71.6 Å². The minimum absolute atomic E-state index is 0.251. The Morgan fingerprint density at radius 2 is 1.76 bits per heavy atom. The van der Waals surface area contributed by atoms with E-state index in [0.29, 0.717) is 5.92 Å². The first-order valence-corrected chi connectivity index (χ1v) is 7.38. The van der Waals surface area contributed by atoms with Gasteiger partial charge in [-0.25, -0.2) is 0 Å². The van der Waals surface area contributed by atoms with Crippen LogP contribution in [0.15, 0.2) is 0 Å². The van der Waals surface area contributed by atoms with Crippen LogP contribution in [0, 0.1) is 5.92 Å². The Labute approximate surface area is 107 Å². The van der Waals surface area contributed by atoms with E-state index in [4.69, 9.17) is 4.74 Å². The van der Waals surface area contributed by atoms with Crippen LogP contribution in [0.2, 0.25) is 0 Å². The summed E-state index contributed by atoms with van der Waals surface area (Å²) in [6.07, 6.45) is 10.1. The number of methoxy groups -OCH3 is 1. The molecule has 0 aromatic heterocycles. The average molecular weight is 242 g/mol. The van der Waals surface area contributed by atoms with Gasteiger partial charge >= 0.3 is 0 Å². The van der Waals surface area contributed by atoms with Crippen molar-refractivity contribution >= 4 is 0 Å². The van der Waals surface area contributed by atoms with Crippen LogP contribution in [0.4, 0.5) is 0 Å². The summed E-state index contributed by atoms with van der Waals surface area (Å²) < 4.78 is 5.75. The maximum Gasteiger partial charge on any atom is 0.0936 e. The van der Waals surface area contributed by atoms with E-state index in [1.54, 1.807) is 7.11 Å². The fourth-order valence-corrected chi connectivity index (χ4v) is 3.21. The Morgan fingerprint density at radius 1 is 1.18 bits per heavy atom. The van der Waals surface area contributed by atoms with Gasteiger partial charge in [-0.3, -0.25) is 0 Å². The zero-order valence-electron chi connectivity index (χ0n) is 11.9. The van der Waals surface area contributed by atoms with E-state index in [1.165, 1.54) is 38.5 Å². The molecule has 0 aliphatic heterocycles. The molecule has 1 fully saturated rings. The minimum atomic E-state index is -0.285. The zero-order chi connectivity index (χ0) is 12.7. The van der Waals surface area contributed by atoms with Gasteiger partial charge < -0.3 is 9.84 Å². The zero-order valence-corrected chi connectivity index (χ0v) is 11.9. The maximum atomic E-state index is 10.5. The second-order valence-corrected chi connectivity index (χ2v) is 5.83. The molecule has 1 saturated carbocycles. The summed E-state index contributed by atoms with van der Waals surface area (Å²) in [5.41, 5.74) is -0.251. The second kappa shape index (κ2) is 7.38. The summed E-state index contributed by atoms with van der Waals surface area (Å²) in [6.45, 7) is 4.45. The molecular weight excluding hydrogens is 212 g/mol. The van der Waals surface area contributed by atoms with Crippen LogP contribution in [0.25, 0.3) is 0 Å². The molecule has 17 heavy (non-hydrogen) atoms. The standard InChI is InChI=1S/C15H30O2/c1-4-9-13(2)12-14(16)15(17-3)10-7-5-6-8-11-15/h13-14,16H,4-12H2,1-3H3. The Balaban J connectivity index is 2.57. The van der Waals surface area contributed by atoms with Gasteiger partial charge in [-0.2, -0.15) is 0 Å². The molecule has 102 valence electrons. The van der Waals surface area contributed by atoms with Crippen molar-refractivity contribution in [2.24, 2.45) is 5.92 Å². The van der Waals surface area contributed by atoms with E-state index >= 15 is 0 Å². The van der Waals surface area contributed by atoms with Crippen LogP contribution >= 0.6 is 0 Å². The quantitative estimate of drug-likeness (QED) is 0.715. The fraction of sp³-hybridized carbons (Fsp3) is 1.00. The number of hydrogen-bond donors (Lipinski definition) is 1. The molecule has 2 heteroatoms. The van der Waals surface area contributed by atoms with E-state index < -0.39 is 0 Å². The molecule has 0 aromatic carbocycles. The molecule has 1 aliphatic rings. The first kappa shape index (κ1) is 15.0. The third kappa shape index (κ3) is 4.26. The molecule has 2 unspecified atom stereocenters. The van der Waals surface area contributed by atoms with Crippen LogP contribution in [0.3, 0.4) is 0 Å². The van der Waals surface area contributed by atoms with E-state index in [-0.39, 0.29) is 11.7 Å². The normalized spacial score (nSPS) is 24.0. The molecular formula is C15H30O2. The topological polar surface area (TPSA) is 29.5 Å². The van der Waals surface area contributed by atoms with Gasteiger partial charge in [0.15, 0.2) is 0 Å². The molecule has 0 saturated heterocycles. The number of aliphatic hydroxyl groups is 1. The van der Waals surface area contributed by atoms with Crippen molar-refractivity contribution in [1.29, 1.82) is 0 Å². The highest BCUT2D eigenvalue weighted by molar-refractivity contribution is 4.90. The molecule has 2 atom stereocenters. The van der Waals surface area contributed by atoms with Gasteiger partial charge in [0.25, 0.3) is 0 Å². The van der Waals surface area contributed by atoms with Crippen molar-refractivity contribution in [3.8, 4) is 0 Å². The van der Waals surface area contributed by atoms with E-state index in [1.807, 2.05) is 0 Å². The number of hydrogen-bond acceptors (Lipinski definition) is 2. The van der Waals surface area contributed by atoms with Crippen molar-refractivity contribution in [1.82, 2.24) is 0 Å². The van der Waals surface area contributed by atoms with Crippen LogP contribution in [-0.2, 0) is 4.74 Å². The van der Waals surface area contributed by atoms with Crippen LogP contribution in [0.5, 0.6) is 0 Å². The van der Waals surface area contributed by atoms with E-state index in [9.17, 15) is 5.11 Å². The first-order valence-electron chi connectivity index (χ1n) is 7.38. The largest absolute Gasteiger partial charge is 0.390 e. The lowest BCUT2D eigenvalue weighted by Gasteiger charge is -2.37. The number of ether oxygens (including phenoxy) is 1. The van der Waals surface area contributed by atoms with Crippen LogP contribution in [-0.4, -0.2) is 23.9 Å². The Morgan fingerprint density at radius 3 is 2.24 bits per heavy atom. The third-order valence-electron chi connectivity index (χ3n) is 4.37. The minimum Gasteiger partial charge on any atom is -0.390 e. The van der Waals surface area contributed by atoms with E-state index in [2.05, 4.69) is 13.8 Å². The summed E-state index contributed by atoms with van der Waals surface area (Å²) in [7, 11) is 1.78. The molecule has 0 radical (unpaired) electrons. The average Bonchev–Trinajstić information content (AvgIpc) is 2.55. The fourth-order valence-electron chi connectivity index (χ4n) is 3.21. The first-order chi connectivity index (χ1) is 8.14. The molecule has 0 amide bonds. The Kier molecular flexibility index (Phi) is 6.50. The van der Waals surface area contributed by atoms with Gasteiger partial charge in [0, 0.05) is 7.11 Å². The summed E-state index contributed by atoms with van der Waals surface area (Å²) in [6, 6.07) is 0. The third-order valence-corrected chi connectivity index (χ3v) is 4.37. The van der Waals surface area contributed by atoms with Crippen molar-refractivity contribution in [2.75, 3.05) is 7.11 Å². The lowest BCUT2D eigenvalue weighted by Crippen LogP contribution is -2.44. The predicted molar refractivity (Wildman–Crippen MR) is 72.1 cm³/mol. The summed E-state index contributed by atoms with van der Waals surface area (Å²) in [5.74, 6) is 0.602. The predicted octanol–water partition coefficient (Wildman–Crippen LogP) is 3.91. The summed E-state index contributed by atoms with van der Waals surface area (Å²) in [4.78, 5) is 0. The van der Waals surface area contributed by atoms with Crippen LogP contribution < -0.4 is 0 Å².